The predicted octanol–water partition coefficient (Wildman–Crippen LogP) is 2.61. The fourth-order valence-electron chi connectivity index (χ4n) is 3.70. The highest BCUT2D eigenvalue weighted by Crippen LogP contribution is 2.23. The first-order chi connectivity index (χ1) is 14.2. The van der Waals surface area contributed by atoms with Crippen LogP contribution in [0.1, 0.15) is 23.2 Å². The normalized spacial score (nSPS) is 17.8. The fourth-order valence-corrected chi connectivity index (χ4v) is 3.70. The predicted molar refractivity (Wildman–Crippen MR) is 110 cm³/mol. The molecule has 0 spiro atoms. The molecular weight excluding hydrogens is 370 g/mol. The minimum Gasteiger partial charge on any atom is -0.497 e. The molecule has 3 heterocycles. The van der Waals surface area contributed by atoms with Gasteiger partial charge in [-0.2, -0.15) is 0 Å². The van der Waals surface area contributed by atoms with Crippen LogP contribution in [0.25, 0.3) is 0 Å². The molecule has 1 aromatic carbocycles. The van der Waals surface area contributed by atoms with E-state index in [0.717, 1.165) is 50.6 Å². The number of piperazine rings is 1. The molecule has 0 unspecified atom stereocenters. The smallest absolute Gasteiger partial charge is 0.255 e. The van der Waals surface area contributed by atoms with Crippen LogP contribution in [0.3, 0.4) is 0 Å². The number of benzene rings is 1. The molecule has 0 N–H and O–H groups in total. The molecule has 2 aromatic rings. The minimum atomic E-state index is 0.0143. The van der Waals surface area contributed by atoms with Crippen molar-refractivity contribution in [2.75, 3.05) is 51.4 Å². The van der Waals surface area contributed by atoms with Crippen molar-refractivity contribution in [2.45, 2.75) is 18.9 Å². The molecule has 0 bridgehead atoms. The Bertz CT molecular complexity index is 813. The molecule has 7 nitrogen and oxygen atoms in total. The van der Waals surface area contributed by atoms with Crippen LogP contribution in [-0.4, -0.2) is 68.4 Å². The lowest BCUT2D eigenvalue weighted by atomic mass is 10.1. The van der Waals surface area contributed by atoms with Gasteiger partial charge in [-0.1, -0.05) is 6.07 Å². The average molecular weight is 397 g/mol. The van der Waals surface area contributed by atoms with E-state index in [1.165, 1.54) is 0 Å². The molecule has 2 aliphatic rings. The van der Waals surface area contributed by atoms with Gasteiger partial charge < -0.3 is 24.0 Å². The Labute approximate surface area is 171 Å². The standard InChI is InChI=1S/C22H27N3O4/c1-27-20-4-2-3-18(15-20)24-9-11-25(12-10-24)22(26)17-5-6-21(23-16-17)29-19-7-13-28-14-8-19/h2-6,15-16,19H,7-14H2,1H3. The second-order valence-electron chi connectivity index (χ2n) is 7.30. The van der Waals surface area contributed by atoms with Gasteiger partial charge in [0.15, 0.2) is 0 Å². The fraction of sp³-hybridized carbons (Fsp3) is 0.455. The minimum absolute atomic E-state index is 0.0143. The molecule has 29 heavy (non-hydrogen) atoms. The highest BCUT2D eigenvalue weighted by molar-refractivity contribution is 5.94. The van der Waals surface area contributed by atoms with Crippen molar-refractivity contribution in [3.05, 3.63) is 48.2 Å². The summed E-state index contributed by atoms with van der Waals surface area (Å²) in [4.78, 5) is 21.3. The van der Waals surface area contributed by atoms with Gasteiger partial charge in [0.25, 0.3) is 5.91 Å². The Morgan fingerprint density at radius 1 is 1.10 bits per heavy atom. The molecule has 0 atom stereocenters. The van der Waals surface area contributed by atoms with Crippen molar-refractivity contribution >= 4 is 11.6 Å². The Morgan fingerprint density at radius 3 is 2.59 bits per heavy atom. The third-order valence-electron chi connectivity index (χ3n) is 5.42. The van der Waals surface area contributed by atoms with Gasteiger partial charge in [0.05, 0.1) is 25.9 Å². The Morgan fingerprint density at radius 2 is 1.90 bits per heavy atom. The van der Waals surface area contributed by atoms with Crippen LogP contribution in [0.5, 0.6) is 11.6 Å². The van der Waals surface area contributed by atoms with E-state index < -0.39 is 0 Å². The van der Waals surface area contributed by atoms with Gasteiger partial charge in [0.1, 0.15) is 11.9 Å². The SMILES string of the molecule is COc1cccc(N2CCN(C(=O)c3ccc(OC4CCOCC4)nc3)CC2)c1. The summed E-state index contributed by atoms with van der Waals surface area (Å²) >= 11 is 0. The van der Waals surface area contributed by atoms with Crippen LogP contribution >= 0.6 is 0 Å². The number of aromatic nitrogens is 1. The van der Waals surface area contributed by atoms with Crippen LogP contribution in [0.4, 0.5) is 5.69 Å². The number of hydrogen-bond acceptors (Lipinski definition) is 6. The van der Waals surface area contributed by atoms with Crippen molar-refractivity contribution in [3.63, 3.8) is 0 Å². The average Bonchev–Trinajstić information content (AvgIpc) is 2.80. The summed E-state index contributed by atoms with van der Waals surface area (Å²) < 4.78 is 16.5. The number of nitrogens with zero attached hydrogens (tertiary/aromatic N) is 3. The maximum atomic E-state index is 12.8. The zero-order valence-corrected chi connectivity index (χ0v) is 16.8. The van der Waals surface area contributed by atoms with Crippen molar-refractivity contribution < 1.29 is 19.0 Å². The van der Waals surface area contributed by atoms with Crippen LogP contribution in [-0.2, 0) is 4.74 Å². The first kappa shape index (κ1) is 19.5. The highest BCUT2D eigenvalue weighted by Gasteiger charge is 2.23. The summed E-state index contributed by atoms with van der Waals surface area (Å²) in [5, 5.41) is 0. The number of carbonyl (C=O) groups is 1. The first-order valence-electron chi connectivity index (χ1n) is 10.1. The number of methoxy groups -OCH3 is 1. The lowest BCUT2D eigenvalue weighted by molar-refractivity contribution is 0.0237. The first-order valence-corrected chi connectivity index (χ1v) is 10.1. The van der Waals surface area contributed by atoms with Crippen LogP contribution in [0.15, 0.2) is 42.6 Å². The van der Waals surface area contributed by atoms with E-state index in [-0.39, 0.29) is 12.0 Å². The Balaban J connectivity index is 1.32. The second-order valence-corrected chi connectivity index (χ2v) is 7.30. The van der Waals surface area contributed by atoms with Crippen molar-refractivity contribution in [2.24, 2.45) is 0 Å². The number of rotatable bonds is 5. The summed E-state index contributed by atoms with van der Waals surface area (Å²) in [7, 11) is 1.67. The highest BCUT2D eigenvalue weighted by atomic mass is 16.5. The number of pyridine rings is 1. The molecule has 154 valence electrons. The number of ether oxygens (including phenoxy) is 3. The topological polar surface area (TPSA) is 64.1 Å². The van der Waals surface area contributed by atoms with E-state index in [1.54, 1.807) is 25.4 Å². The molecule has 7 heteroatoms. The van der Waals surface area contributed by atoms with Crippen LogP contribution in [0, 0.1) is 0 Å². The van der Waals surface area contributed by atoms with Gasteiger partial charge in [-0.15, -0.1) is 0 Å². The molecule has 2 fully saturated rings. The molecule has 0 saturated carbocycles. The maximum Gasteiger partial charge on any atom is 0.255 e. The molecule has 1 aromatic heterocycles. The number of carbonyl (C=O) groups excluding carboxylic acids is 1. The van der Waals surface area contributed by atoms with E-state index in [9.17, 15) is 4.79 Å². The quantitative estimate of drug-likeness (QED) is 0.773. The van der Waals surface area contributed by atoms with Crippen molar-refractivity contribution in [1.82, 2.24) is 9.88 Å². The van der Waals surface area contributed by atoms with Gasteiger partial charge >= 0.3 is 0 Å². The molecular formula is C22H27N3O4. The number of hydrogen-bond donors (Lipinski definition) is 0. The van der Waals surface area contributed by atoms with Gasteiger partial charge in [-0.05, 0) is 18.2 Å². The summed E-state index contributed by atoms with van der Waals surface area (Å²) in [6, 6.07) is 11.6. The molecule has 4 rings (SSSR count). The Hall–Kier alpha value is -2.80. The van der Waals surface area contributed by atoms with E-state index in [1.807, 2.05) is 23.1 Å². The van der Waals surface area contributed by atoms with Gasteiger partial charge in [-0.3, -0.25) is 4.79 Å². The molecule has 1 amide bonds. The third-order valence-corrected chi connectivity index (χ3v) is 5.42. The summed E-state index contributed by atoms with van der Waals surface area (Å²) in [5.74, 6) is 1.42. The van der Waals surface area contributed by atoms with E-state index in [0.29, 0.717) is 24.5 Å². The lowest BCUT2D eigenvalue weighted by Gasteiger charge is -2.36. The zero-order chi connectivity index (χ0) is 20.1. The maximum absolute atomic E-state index is 12.8. The molecule has 2 saturated heterocycles. The summed E-state index contributed by atoms with van der Waals surface area (Å²) in [5.41, 5.74) is 1.71. The number of anilines is 1. The molecule has 2 aliphatic heterocycles. The monoisotopic (exact) mass is 397 g/mol. The largest absolute Gasteiger partial charge is 0.497 e. The zero-order valence-electron chi connectivity index (χ0n) is 16.8. The second kappa shape index (κ2) is 9.13. The van der Waals surface area contributed by atoms with Crippen LogP contribution in [0.2, 0.25) is 0 Å². The van der Waals surface area contributed by atoms with Gasteiger partial charge in [0, 0.05) is 63.0 Å². The van der Waals surface area contributed by atoms with Gasteiger partial charge in [0.2, 0.25) is 5.88 Å². The van der Waals surface area contributed by atoms with E-state index in [2.05, 4.69) is 16.0 Å². The molecule has 0 radical (unpaired) electrons. The Kier molecular flexibility index (Phi) is 6.14. The van der Waals surface area contributed by atoms with E-state index in [4.69, 9.17) is 14.2 Å². The van der Waals surface area contributed by atoms with Crippen molar-refractivity contribution in [1.29, 1.82) is 0 Å². The third kappa shape index (κ3) is 4.79. The summed E-state index contributed by atoms with van der Waals surface area (Å²) in [6.07, 6.45) is 3.51. The van der Waals surface area contributed by atoms with Gasteiger partial charge in [-0.25, -0.2) is 4.98 Å². The van der Waals surface area contributed by atoms with Crippen LogP contribution < -0.4 is 14.4 Å². The number of amides is 1. The summed E-state index contributed by atoms with van der Waals surface area (Å²) in [6.45, 7) is 4.38. The lowest BCUT2D eigenvalue weighted by Crippen LogP contribution is -2.48. The van der Waals surface area contributed by atoms with Crippen molar-refractivity contribution in [3.8, 4) is 11.6 Å². The van der Waals surface area contributed by atoms with E-state index >= 15 is 0 Å². The molecule has 0 aliphatic carbocycles.